The Kier molecular flexibility index (Phi) is 18.4. The second-order valence-electron chi connectivity index (χ2n) is 34.0. The zero-order valence-electron chi connectivity index (χ0n) is 62.8. The maximum Gasteiger partial charge on any atom is 0.336 e. The number of hydrogen-bond donors (Lipinski definition) is 2. The number of fused-ring (bicyclic) bond motifs is 7. The monoisotopic (exact) mass is 1400 g/mol. The average Bonchev–Trinajstić information content (AvgIpc) is 1.56. The Morgan fingerprint density at radius 2 is 1.22 bits per heavy atom. The molecular formula is C87H109N3O13. The molecule has 6 saturated carbocycles. The van der Waals surface area contributed by atoms with Crippen LogP contribution in [0.15, 0.2) is 128 Å². The Morgan fingerprint density at radius 1 is 0.650 bits per heavy atom. The van der Waals surface area contributed by atoms with Crippen LogP contribution in [0, 0.1) is 40.4 Å². The van der Waals surface area contributed by atoms with Crippen molar-refractivity contribution in [3.8, 4) is 28.7 Å². The van der Waals surface area contributed by atoms with Gasteiger partial charge in [0.1, 0.15) is 29.2 Å². The molecule has 5 aliphatic heterocycles. The van der Waals surface area contributed by atoms with Gasteiger partial charge in [0.15, 0.2) is 28.8 Å². The minimum absolute atomic E-state index is 0.00244. The number of piperidine rings is 3. The van der Waals surface area contributed by atoms with E-state index in [9.17, 15) is 29.4 Å². The molecule has 3 aromatic rings. The van der Waals surface area contributed by atoms with Crippen LogP contribution in [0.4, 0.5) is 0 Å². The predicted octanol–water partition coefficient (Wildman–Crippen LogP) is 13.5. The molecule has 19 rings (SSSR count). The van der Waals surface area contributed by atoms with E-state index in [1.165, 1.54) is 72.7 Å². The fourth-order valence-electron chi connectivity index (χ4n) is 23.4. The highest BCUT2D eigenvalue weighted by Crippen LogP contribution is 2.79. The van der Waals surface area contributed by atoms with Crippen molar-refractivity contribution < 1.29 is 62.5 Å². The third-order valence-electron chi connectivity index (χ3n) is 28.4. The highest BCUT2D eigenvalue weighted by molar-refractivity contribution is 6.04. The number of ether oxygens (including phenoxy) is 7. The molecule has 0 aromatic heterocycles. The summed E-state index contributed by atoms with van der Waals surface area (Å²) in [4.78, 5) is 58.4. The summed E-state index contributed by atoms with van der Waals surface area (Å²) in [5.74, 6) is 3.59. The molecule has 1 unspecified atom stereocenters. The summed E-state index contributed by atoms with van der Waals surface area (Å²) < 4.78 is 44.2. The number of likely N-dealkylation sites (N-methyl/N-ethyl adjacent to an activating group) is 1. The van der Waals surface area contributed by atoms with Gasteiger partial charge in [-0.25, -0.2) is 14.4 Å². The van der Waals surface area contributed by atoms with E-state index in [1.807, 2.05) is 90.1 Å². The maximum absolute atomic E-state index is 13.3. The first-order valence-electron chi connectivity index (χ1n) is 38.7. The standard InChI is InChI=1S/C32H41NO5.C31H39NO5.C24H29NO3/c1-5-6-7-8-25(34)37-22-12-11-21-17-24-30-13-14-32(36-4,23(18-30)29(2,3)35)28-31(30,26(21)27(22)38-28)15-16-33(24)19-20-9-10-20;1-6-8-9-10-24(33)36-21-12-11-20-18-23-29-14-15-31(35-5,22(19-29)28(3,34)13-7-2)27-30(29,16-17-32(23)4)25(20)26(21)37-27;1-4-5-6-7-21(26)28-18-10-11-19-20(14-18)24(3)12-13-25(15-17-8-9-17)22(16(24)2)23(19)27/h5-8,11-12,20,23-24,28,35H,9-10,13-19H2,1-4H3;6,8-12,14-15,22-23,27,34H,7,13,16-19H2,1-5H3;4-7,10-11,14,16-17,22H,8-9,12-13,15H2,1-3H3/b6-5+,8-7+;8-6+,10-9+;5-4+,7-6+/t23?,24-,28-,30+,31+,32+;22-,23-,27-,28-,29-,30+,31-;16-,22-,24+/m110/s1. The predicted molar refractivity (Wildman–Crippen MR) is 396 cm³/mol. The maximum atomic E-state index is 13.3. The van der Waals surface area contributed by atoms with Crippen molar-refractivity contribution in [1.29, 1.82) is 0 Å². The Hall–Kier alpha value is -6.76. The first-order valence-corrected chi connectivity index (χ1v) is 38.7. The molecule has 5 heterocycles. The molecular weight excluding hydrogens is 1290 g/mol. The van der Waals surface area contributed by atoms with Crippen LogP contribution in [0.5, 0.6) is 28.7 Å². The van der Waals surface area contributed by atoms with E-state index in [-0.39, 0.29) is 68.9 Å². The minimum Gasteiger partial charge on any atom is -0.482 e. The molecule has 3 aromatic carbocycles. The molecule has 103 heavy (non-hydrogen) atoms. The topological polar surface area (TPSA) is 183 Å². The SMILES string of the molecule is C/C=C/C=C/C(=O)Oc1ccc2c(c1)[C@]1(C)CCN(CC3CC3)[C@H](C2=O)[C@@H]1C.C/C=C/C=C/C(=O)Oc1ccc2c3c1O[C@H]1[C@@]4(OC)C=C[C@@]5(C[C@@H]4[C@](C)(O)CCC)[C@@H](C2)N(C)CC[C@]315.C/C=C/C=C/C(=O)Oc1ccc2c3c1O[C@H]1[C@]4(OC)CC[C@]5(CC4C(C)(C)O)[C@@H](C2)N(CC2CC2)CC[C@]315. The van der Waals surface area contributed by atoms with Gasteiger partial charge in [0.2, 0.25) is 0 Å². The van der Waals surface area contributed by atoms with Crippen LogP contribution in [0.2, 0.25) is 0 Å². The highest BCUT2D eigenvalue weighted by Gasteiger charge is 2.83. The van der Waals surface area contributed by atoms with Gasteiger partial charge in [0, 0.05) is 102 Å². The first kappa shape index (κ1) is 71.8. The molecule has 16 aliphatic rings. The Labute approximate surface area is 609 Å². The van der Waals surface area contributed by atoms with Crippen LogP contribution in [-0.4, -0.2) is 155 Å². The van der Waals surface area contributed by atoms with Crippen molar-refractivity contribution in [3.05, 3.63) is 161 Å². The number of methoxy groups -OCH3 is 2. The normalized spacial score (nSPS) is 36.4. The average molecular weight is 1400 g/mol. The van der Waals surface area contributed by atoms with Crippen LogP contribution in [0.1, 0.15) is 184 Å². The molecule has 10 bridgehead atoms. The quantitative estimate of drug-likeness (QED) is 0.0380. The summed E-state index contributed by atoms with van der Waals surface area (Å²) in [5.41, 5.74) is 2.99. The Balaban J connectivity index is 0.000000126. The Bertz CT molecular complexity index is 4110. The van der Waals surface area contributed by atoms with Crippen LogP contribution in [0.25, 0.3) is 0 Å². The number of carbonyl (C=O) groups is 4. The lowest BCUT2D eigenvalue weighted by Crippen LogP contribution is -2.82. The number of benzene rings is 3. The van der Waals surface area contributed by atoms with E-state index < -0.39 is 40.3 Å². The van der Waals surface area contributed by atoms with E-state index in [1.54, 1.807) is 50.7 Å². The van der Waals surface area contributed by atoms with Gasteiger partial charge in [-0.3, -0.25) is 14.6 Å². The molecule has 16 heteroatoms. The van der Waals surface area contributed by atoms with Crippen LogP contribution >= 0.6 is 0 Å². The number of nitrogens with zero attached hydrogens (tertiary/aromatic N) is 3. The molecule has 3 saturated heterocycles. The second kappa shape index (κ2) is 26.3. The summed E-state index contributed by atoms with van der Waals surface area (Å²) in [7, 11) is 5.79. The van der Waals surface area contributed by atoms with E-state index in [0.717, 1.165) is 119 Å². The molecule has 0 amide bonds. The fraction of sp³-hybridized carbons (Fsp3) is 0.586. The molecule has 4 spiro atoms. The van der Waals surface area contributed by atoms with Crippen LogP contribution in [-0.2, 0) is 52.9 Å². The number of likely N-dealkylation sites (tertiary alicyclic amines) is 3. The largest absolute Gasteiger partial charge is 0.482 e. The van der Waals surface area contributed by atoms with Crippen molar-refractivity contribution in [2.75, 3.05) is 54.0 Å². The number of ketones is 1. The summed E-state index contributed by atoms with van der Waals surface area (Å²) >= 11 is 0. The third-order valence-corrected chi connectivity index (χ3v) is 28.4. The highest BCUT2D eigenvalue weighted by atomic mass is 16.6. The second-order valence-corrected chi connectivity index (χ2v) is 34.0. The van der Waals surface area contributed by atoms with Gasteiger partial charge in [-0.1, -0.05) is 106 Å². The van der Waals surface area contributed by atoms with Crippen molar-refractivity contribution in [2.45, 2.75) is 228 Å². The molecule has 16 nitrogen and oxygen atoms in total. The van der Waals surface area contributed by atoms with Crippen LogP contribution < -0.4 is 23.7 Å². The lowest BCUT2D eigenvalue weighted by atomic mass is 9.34. The van der Waals surface area contributed by atoms with E-state index >= 15 is 0 Å². The summed E-state index contributed by atoms with van der Waals surface area (Å²) in [5, 5.41) is 23.4. The van der Waals surface area contributed by atoms with Gasteiger partial charge in [-0.15, -0.1) is 0 Å². The molecule has 0 radical (unpaired) electrons. The number of rotatable bonds is 19. The van der Waals surface area contributed by atoms with E-state index in [2.05, 4.69) is 66.8 Å². The first-order chi connectivity index (χ1) is 49.3. The van der Waals surface area contributed by atoms with Gasteiger partial charge < -0.3 is 48.3 Å². The summed E-state index contributed by atoms with van der Waals surface area (Å²) in [6, 6.07) is 14.3. The van der Waals surface area contributed by atoms with Gasteiger partial charge in [-0.2, -0.15) is 0 Å². The van der Waals surface area contributed by atoms with Crippen molar-refractivity contribution >= 4 is 23.7 Å². The van der Waals surface area contributed by atoms with Crippen molar-refractivity contribution in [3.63, 3.8) is 0 Å². The van der Waals surface area contributed by atoms with Crippen LogP contribution in [0.3, 0.4) is 0 Å². The number of esters is 3. The molecule has 550 valence electrons. The number of aliphatic hydroxyl groups is 2. The van der Waals surface area contributed by atoms with E-state index in [0.29, 0.717) is 41.5 Å². The molecule has 2 N–H and O–H groups in total. The van der Waals surface area contributed by atoms with Gasteiger partial charge in [0.25, 0.3) is 0 Å². The summed E-state index contributed by atoms with van der Waals surface area (Å²) in [6.07, 6.45) is 39.9. The van der Waals surface area contributed by atoms with Crippen molar-refractivity contribution in [1.82, 2.24) is 14.7 Å². The number of hydrogen-bond acceptors (Lipinski definition) is 16. The number of Topliss-reactive ketones (excluding diaryl/α,β-unsaturated/α-hetero) is 1. The van der Waals surface area contributed by atoms with Gasteiger partial charge in [-0.05, 0) is 228 Å². The molecule has 9 fully saturated rings. The zero-order chi connectivity index (χ0) is 72.6. The number of allylic oxidation sites excluding steroid dienone is 9. The Morgan fingerprint density at radius 3 is 1.81 bits per heavy atom. The lowest BCUT2D eigenvalue weighted by Gasteiger charge is -2.75. The third kappa shape index (κ3) is 10.9. The minimum atomic E-state index is -0.900. The lowest BCUT2D eigenvalue weighted by molar-refractivity contribution is -0.300. The summed E-state index contributed by atoms with van der Waals surface area (Å²) in [6.45, 7) is 23.4. The van der Waals surface area contributed by atoms with Crippen molar-refractivity contribution in [2.24, 2.45) is 40.4 Å². The van der Waals surface area contributed by atoms with E-state index in [4.69, 9.17) is 33.2 Å². The van der Waals surface area contributed by atoms with Gasteiger partial charge in [0.05, 0.1) is 22.7 Å². The fourth-order valence-corrected chi connectivity index (χ4v) is 23.4. The zero-order valence-corrected chi connectivity index (χ0v) is 62.8. The molecule has 11 aliphatic carbocycles. The smallest absolute Gasteiger partial charge is 0.336 e. The molecule has 16 atom stereocenters. The number of carbonyl (C=O) groups excluding carboxylic acids is 4. The van der Waals surface area contributed by atoms with Gasteiger partial charge >= 0.3 is 17.9 Å².